The minimum absolute atomic E-state index is 0.0862. The fourth-order valence-corrected chi connectivity index (χ4v) is 15.3. The van der Waals surface area contributed by atoms with E-state index in [0.29, 0.717) is 19.3 Å². The van der Waals surface area contributed by atoms with Gasteiger partial charge in [-0.3, -0.25) is 4.79 Å². The molecular weight excluding hydrogens is 909 g/mol. The molecule has 4 saturated carbocycles. The quantitative estimate of drug-likeness (QED) is 0.0690. The fourth-order valence-electron chi connectivity index (χ4n) is 15.3. The molecule has 396 valence electrons. The predicted octanol–water partition coefficient (Wildman–Crippen LogP) is -1.26. The first-order valence-corrected chi connectivity index (χ1v) is 24.9. The summed E-state index contributed by atoms with van der Waals surface area (Å²) in [5.41, 5.74) is -2.46. The summed E-state index contributed by atoms with van der Waals surface area (Å²) in [5.74, 6) is -0.660. The molecule has 8 aliphatic rings. The smallest absolute Gasteiger partial charge is 0.302 e. The van der Waals surface area contributed by atoms with Crippen LogP contribution in [0, 0.1) is 50.2 Å². The highest BCUT2D eigenvalue weighted by molar-refractivity contribution is 5.66. The fraction of sp³-hybridized carbons (Fsp3) is 0.939. The Morgan fingerprint density at radius 3 is 1.86 bits per heavy atom. The number of carbonyl (C=O) groups excluding carboxylic acids is 1. The van der Waals surface area contributed by atoms with E-state index in [9.17, 15) is 66.1 Å². The number of aliphatic hydroxyl groups is 12. The number of hydrogen-bond donors (Lipinski definition) is 12. The maximum atomic E-state index is 12.4. The van der Waals surface area contributed by atoms with Crippen molar-refractivity contribution in [2.75, 3.05) is 26.4 Å². The van der Waals surface area contributed by atoms with Gasteiger partial charge in [0.15, 0.2) is 18.9 Å². The molecule has 0 unspecified atom stereocenters. The lowest BCUT2D eigenvalue weighted by Gasteiger charge is -2.72. The molecule has 0 aromatic carbocycles. The first-order valence-electron chi connectivity index (χ1n) is 24.9. The molecule has 0 aromatic heterocycles. The highest BCUT2D eigenvalue weighted by Gasteiger charge is 2.73. The maximum Gasteiger partial charge on any atom is 0.302 e. The van der Waals surface area contributed by atoms with Gasteiger partial charge in [-0.05, 0) is 89.8 Å². The normalized spacial score (nSPS) is 53.7. The van der Waals surface area contributed by atoms with Crippen LogP contribution in [0.25, 0.3) is 0 Å². The molecule has 25 atom stereocenters. The van der Waals surface area contributed by atoms with E-state index in [2.05, 4.69) is 40.7 Å². The zero-order valence-electron chi connectivity index (χ0n) is 41.1. The lowest BCUT2D eigenvalue weighted by Crippen LogP contribution is -2.71. The van der Waals surface area contributed by atoms with Crippen molar-refractivity contribution in [3.05, 3.63) is 11.6 Å². The Labute approximate surface area is 403 Å². The minimum Gasteiger partial charge on any atom is -0.465 e. The third kappa shape index (κ3) is 8.40. The number of fused-ring (bicyclic) bond motifs is 7. The van der Waals surface area contributed by atoms with E-state index in [4.69, 9.17) is 33.2 Å². The zero-order chi connectivity index (χ0) is 50.7. The highest BCUT2D eigenvalue weighted by Crippen LogP contribution is 2.76. The lowest BCUT2D eigenvalue weighted by atomic mass is 9.33. The first kappa shape index (κ1) is 53.8. The van der Waals surface area contributed by atoms with Crippen molar-refractivity contribution in [3.63, 3.8) is 0 Å². The third-order valence-electron chi connectivity index (χ3n) is 19.6. The molecule has 0 spiro atoms. The van der Waals surface area contributed by atoms with E-state index in [1.165, 1.54) is 6.92 Å². The molecule has 0 bridgehead atoms. The summed E-state index contributed by atoms with van der Waals surface area (Å²) in [5, 5.41) is 131. The second-order valence-corrected chi connectivity index (χ2v) is 23.9. The van der Waals surface area contributed by atoms with Crippen LogP contribution in [0.4, 0.5) is 0 Å². The Morgan fingerprint density at radius 1 is 0.681 bits per heavy atom. The molecule has 3 saturated heterocycles. The molecule has 0 aromatic rings. The first-order chi connectivity index (χ1) is 32.2. The summed E-state index contributed by atoms with van der Waals surface area (Å²) in [6, 6.07) is 0. The predicted molar refractivity (Wildman–Crippen MR) is 238 cm³/mol. The van der Waals surface area contributed by atoms with Crippen molar-refractivity contribution < 1.29 is 99.2 Å². The Bertz CT molecular complexity index is 1880. The van der Waals surface area contributed by atoms with E-state index in [1.807, 2.05) is 13.8 Å². The summed E-state index contributed by atoms with van der Waals surface area (Å²) in [4.78, 5) is 12.2. The molecule has 20 heteroatoms. The Balaban J connectivity index is 1.06. The van der Waals surface area contributed by atoms with Crippen LogP contribution in [0.3, 0.4) is 0 Å². The van der Waals surface area contributed by atoms with Crippen molar-refractivity contribution in [2.24, 2.45) is 50.2 Å². The van der Waals surface area contributed by atoms with Crippen LogP contribution in [-0.4, -0.2) is 204 Å². The van der Waals surface area contributed by atoms with Gasteiger partial charge in [-0.15, -0.1) is 0 Å². The van der Waals surface area contributed by atoms with Crippen LogP contribution in [0.2, 0.25) is 0 Å². The van der Waals surface area contributed by atoms with Crippen molar-refractivity contribution >= 4 is 5.97 Å². The monoisotopic (exact) mass is 989 g/mol. The third-order valence-corrected chi connectivity index (χ3v) is 19.6. The molecule has 7 fully saturated rings. The van der Waals surface area contributed by atoms with Crippen LogP contribution >= 0.6 is 0 Å². The Kier molecular flexibility index (Phi) is 14.8. The van der Waals surface area contributed by atoms with E-state index < -0.39 is 151 Å². The van der Waals surface area contributed by atoms with Gasteiger partial charge < -0.3 is 94.4 Å². The molecular formula is C49H80O20. The van der Waals surface area contributed by atoms with Gasteiger partial charge in [-0.1, -0.05) is 60.1 Å². The highest BCUT2D eigenvalue weighted by atomic mass is 16.8. The number of aliphatic hydroxyl groups excluding tert-OH is 12. The Morgan fingerprint density at radius 2 is 1.28 bits per heavy atom. The van der Waals surface area contributed by atoms with Crippen LogP contribution in [-0.2, 0) is 38.0 Å². The van der Waals surface area contributed by atoms with E-state index in [1.54, 1.807) is 0 Å². The molecule has 0 radical (unpaired) electrons. The van der Waals surface area contributed by atoms with Crippen LogP contribution in [0.1, 0.15) is 100 Å². The maximum absolute atomic E-state index is 12.4. The van der Waals surface area contributed by atoms with Crippen molar-refractivity contribution in [2.45, 2.75) is 211 Å². The summed E-state index contributed by atoms with van der Waals surface area (Å²) in [6.07, 6.45) is -19.9. The van der Waals surface area contributed by atoms with Gasteiger partial charge in [0.2, 0.25) is 0 Å². The van der Waals surface area contributed by atoms with Gasteiger partial charge in [-0.2, -0.15) is 0 Å². The van der Waals surface area contributed by atoms with Crippen molar-refractivity contribution in [3.8, 4) is 0 Å². The lowest BCUT2D eigenvalue weighted by molar-refractivity contribution is -0.382. The largest absolute Gasteiger partial charge is 0.465 e. The summed E-state index contributed by atoms with van der Waals surface area (Å²) in [7, 11) is 0. The molecule has 12 N–H and O–H groups in total. The molecule has 5 aliphatic carbocycles. The summed E-state index contributed by atoms with van der Waals surface area (Å²) >= 11 is 0. The number of carbonyl (C=O) groups is 1. The van der Waals surface area contributed by atoms with Gasteiger partial charge in [0.1, 0.15) is 73.8 Å². The minimum atomic E-state index is -1.85. The Hall–Kier alpha value is -1.51. The second-order valence-electron chi connectivity index (χ2n) is 23.9. The van der Waals surface area contributed by atoms with E-state index in [-0.39, 0.29) is 41.8 Å². The zero-order valence-corrected chi connectivity index (χ0v) is 41.1. The number of esters is 1. The number of hydrogen-bond acceptors (Lipinski definition) is 20. The molecule has 69 heavy (non-hydrogen) atoms. The van der Waals surface area contributed by atoms with Gasteiger partial charge in [0, 0.05) is 6.92 Å². The van der Waals surface area contributed by atoms with Gasteiger partial charge in [-0.25, -0.2) is 0 Å². The SMILES string of the molecule is CC(=O)OC[C@@]12[C@H](O)C[C@]3(C)C(=CC[C@@H]4[C@@]5(C)CC[C@H](O[C@@H]6OC[C@H](O[C@@H]7O[C@H](CO)[C@@H](O)[C@H](O)[C@H]7O)[C@H](O)[C@H]6O[C@@H]6O[C@H](CO)[C@@H](O)[C@H](O)[C@H]6O)C(C)(C)[C@@H]5CC[C@]43C)[C@@H]1CC(C)(C)[C@@H](O)[C@@H]2O. The van der Waals surface area contributed by atoms with Gasteiger partial charge in [0.05, 0.1) is 49.7 Å². The van der Waals surface area contributed by atoms with Gasteiger partial charge in [0.25, 0.3) is 0 Å². The number of ether oxygens (including phenoxy) is 7. The van der Waals surface area contributed by atoms with Gasteiger partial charge >= 0.3 is 5.97 Å². The van der Waals surface area contributed by atoms with Crippen LogP contribution in [0.15, 0.2) is 11.6 Å². The molecule has 0 amide bonds. The molecule has 8 rings (SSSR count). The standard InChI is InChI=1S/C49H80O20/c1-21(52)64-20-49-23(15-44(2,3)39(61)40(49)62)22-9-10-28-46(6)13-12-30(45(4,5)27(46)11-14-47(28,7)48(22,8)16-29(49)53)68-43-38(69-42-37(60)35(58)32(55)25(18-51)66-42)33(56)26(19-63-43)67-41-36(59)34(57)31(54)24(17-50)65-41/h9,23-43,50-51,53-62H,10-20H2,1-8H3/t23-,24+,25+,26-,27-,28+,29+,30-,31+,32+,33-,34-,35-,36+,37+,38+,39-,40-,41-,42-,43-,46-,47+,48+,49-/m0/s1. The molecule has 3 heterocycles. The second kappa shape index (κ2) is 19.0. The van der Waals surface area contributed by atoms with Crippen molar-refractivity contribution in [1.29, 1.82) is 0 Å². The van der Waals surface area contributed by atoms with E-state index >= 15 is 0 Å². The number of allylic oxidation sites excluding steroid dienone is 2. The average Bonchev–Trinajstić information content (AvgIpc) is 3.28. The van der Waals surface area contributed by atoms with Crippen LogP contribution in [0.5, 0.6) is 0 Å². The summed E-state index contributed by atoms with van der Waals surface area (Å²) in [6.45, 7) is 14.3. The number of rotatable bonds is 10. The molecule has 20 nitrogen and oxygen atoms in total. The average molecular weight is 989 g/mol. The molecule has 3 aliphatic heterocycles. The summed E-state index contributed by atoms with van der Waals surface area (Å²) < 4.78 is 42.1. The van der Waals surface area contributed by atoms with Crippen LogP contribution < -0.4 is 0 Å². The van der Waals surface area contributed by atoms with Crippen molar-refractivity contribution in [1.82, 2.24) is 0 Å². The van der Waals surface area contributed by atoms with E-state index in [0.717, 1.165) is 31.3 Å². The topological polar surface area (TPSA) is 324 Å².